The largest absolute Gasteiger partial charge is 0.342 e. The third kappa shape index (κ3) is 5.64. The zero-order chi connectivity index (χ0) is 17.4. The van der Waals surface area contributed by atoms with Crippen molar-refractivity contribution in [1.82, 2.24) is 9.80 Å². The number of hydrogen-bond donors (Lipinski definition) is 1. The summed E-state index contributed by atoms with van der Waals surface area (Å²) < 4.78 is 0. The number of benzene rings is 1. The van der Waals surface area contributed by atoms with Gasteiger partial charge in [-0.3, -0.25) is 14.5 Å². The standard InChI is InChI=1S/C19H29N3O2/c1-3-4-12-21(2)15-18(23)22-13-10-16(11-14-22)19(24)20-17-8-6-5-7-9-17/h5-9,16H,3-4,10-15H2,1-2H3,(H,20,24). The molecule has 1 fully saturated rings. The number of likely N-dealkylation sites (tertiary alicyclic amines) is 1. The number of carbonyl (C=O) groups is 2. The molecule has 1 heterocycles. The van der Waals surface area contributed by atoms with Crippen molar-refractivity contribution in [2.45, 2.75) is 32.6 Å². The zero-order valence-electron chi connectivity index (χ0n) is 14.8. The van der Waals surface area contributed by atoms with Crippen molar-refractivity contribution in [3.8, 4) is 0 Å². The van der Waals surface area contributed by atoms with Crippen LogP contribution in [0.4, 0.5) is 5.69 Å². The van der Waals surface area contributed by atoms with Crippen molar-refractivity contribution >= 4 is 17.5 Å². The van der Waals surface area contributed by atoms with Crippen LogP contribution in [0, 0.1) is 5.92 Å². The van der Waals surface area contributed by atoms with E-state index in [1.165, 1.54) is 0 Å². The van der Waals surface area contributed by atoms with E-state index in [1.807, 2.05) is 42.3 Å². The number of amides is 2. The van der Waals surface area contributed by atoms with Crippen LogP contribution in [-0.4, -0.2) is 54.8 Å². The molecular weight excluding hydrogens is 302 g/mol. The quantitative estimate of drug-likeness (QED) is 0.835. The summed E-state index contributed by atoms with van der Waals surface area (Å²) in [5, 5.41) is 2.96. The highest BCUT2D eigenvalue weighted by Crippen LogP contribution is 2.19. The van der Waals surface area contributed by atoms with Gasteiger partial charge in [0.1, 0.15) is 0 Å². The number of anilines is 1. The van der Waals surface area contributed by atoms with E-state index in [4.69, 9.17) is 0 Å². The molecule has 0 radical (unpaired) electrons. The van der Waals surface area contributed by atoms with E-state index in [0.717, 1.165) is 37.9 Å². The molecule has 0 spiro atoms. The van der Waals surface area contributed by atoms with Gasteiger partial charge < -0.3 is 10.2 Å². The summed E-state index contributed by atoms with van der Waals surface area (Å²) in [4.78, 5) is 28.6. The van der Waals surface area contributed by atoms with Gasteiger partial charge in [0.05, 0.1) is 6.54 Å². The van der Waals surface area contributed by atoms with Gasteiger partial charge in [-0.1, -0.05) is 31.5 Å². The first kappa shape index (κ1) is 18.5. The van der Waals surface area contributed by atoms with Crippen LogP contribution < -0.4 is 5.32 Å². The monoisotopic (exact) mass is 331 g/mol. The van der Waals surface area contributed by atoms with Crippen LogP contribution >= 0.6 is 0 Å². The van der Waals surface area contributed by atoms with Gasteiger partial charge in [-0.15, -0.1) is 0 Å². The molecule has 1 N–H and O–H groups in total. The number of rotatable bonds is 7. The Kier molecular flexibility index (Phi) is 7.25. The lowest BCUT2D eigenvalue weighted by Crippen LogP contribution is -2.45. The first-order valence-electron chi connectivity index (χ1n) is 8.92. The Labute approximate surface area is 145 Å². The van der Waals surface area contributed by atoms with Crippen LogP contribution in [0.1, 0.15) is 32.6 Å². The van der Waals surface area contributed by atoms with Gasteiger partial charge in [-0.2, -0.15) is 0 Å². The SMILES string of the molecule is CCCCN(C)CC(=O)N1CCC(C(=O)Nc2ccccc2)CC1. The molecular formula is C19H29N3O2. The van der Waals surface area contributed by atoms with Crippen LogP contribution in [0.25, 0.3) is 0 Å². The summed E-state index contributed by atoms with van der Waals surface area (Å²) in [6.45, 7) is 4.93. The first-order valence-corrected chi connectivity index (χ1v) is 8.92. The second-order valence-electron chi connectivity index (χ2n) is 6.60. The van der Waals surface area contributed by atoms with Crippen molar-refractivity contribution in [2.75, 3.05) is 38.5 Å². The number of piperidine rings is 1. The summed E-state index contributed by atoms with van der Waals surface area (Å²) in [7, 11) is 1.99. The molecule has 5 heteroatoms. The van der Waals surface area contributed by atoms with Crippen molar-refractivity contribution < 1.29 is 9.59 Å². The van der Waals surface area contributed by atoms with Gasteiger partial charge >= 0.3 is 0 Å². The van der Waals surface area contributed by atoms with E-state index >= 15 is 0 Å². The van der Waals surface area contributed by atoms with E-state index in [2.05, 4.69) is 17.1 Å². The van der Waals surface area contributed by atoms with Crippen molar-refractivity contribution in [2.24, 2.45) is 5.92 Å². The molecule has 132 valence electrons. The third-order valence-corrected chi connectivity index (χ3v) is 4.56. The van der Waals surface area contributed by atoms with E-state index in [-0.39, 0.29) is 17.7 Å². The molecule has 2 amide bonds. The van der Waals surface area contributed by atoms with E-state index in [0.29, 0.717) is 19.6 Å². The minimum atomic E-state index is -0.00734. The highest BCUT2D eigenvalue weighted by Gasteiger charge is 2.27. The lowest BCUT2D eigenvalue weighted by molar-refractivity contribution is -0.135. The summed E-state index contributed by atoms with van der Waals surface area (Å²) in [6.07, 6.45) is 3.73. The van der Waals surface area contributed by atoms with Crippen LogP contribution in [0.15, 0.2) is 30.3 Å². The Morgan fingerprint density at radius 2 is 1.88 bits per heavy atom. The number of unbranched alkanes of at least 4 members (excludes halogenated alkanes) is 1. The number of carbonyl (C=O) groups excluding carboxylic acids is 2. The summed E-state index contributed by atoms with van der Waals surface area (Å²) in [5.41, 5.74) is 0.832. The van der Waals surface area contributed by atoms with E-state index in [1.54, 1.807) is 0 Å². The van der Waals surface area contributed by atoms with Gasteiger partial charge in [0.2, 0.25) is 11.8 Å². The van der Waals surface area contributed by atoms with Gasteiger partial charge in [0.25, 0.3) is 0 Å². The number of likely N-dealkylation sites (N-methyl/N-ethyl adjacent to an activating group) is 1. The fraction of sp³-hybridized carbons (Fsp3) is 0.579. The highest BCUT2D eigenvalue weighted by molar-refractivity contribution is 5.92. The zero-order valence-corrected chi connectivity index (χ0v) is 14.8. The minimum absolute atomic E-state index is 0.00734. The van der Waals surface area contributed by atoms with Gasteiger partial charge in [0.15, 0.2) is 0 Å². The predicted molar refractivity (Wildman–Crippen MR) is 96.8 cm³/mol. The van der Waals surface area contributed by atoms with Crippen LogP contribution in [0.3, 0.4) is 0 Å². The van der Waals surface area contributed by atoms with Crippen molar-refractivity contribution in [3.63, 3.8) is 0 Å². The van der Waals surface area contributed by atoms with Gasteiger partial charge in [-0.25, -0.2) is 0 Å². The summed E-state index contributed by atoms with van der Waals surface area (Å²) >= 11 is 0. The smallest absolute Gasteiger partial charge is 0.236 e. The lowest BCUT2D eigenvalue weighted by Gasteiger charge is -2.32. The molecule has 0 bridgehead atoms. The van der Waals surface area contributed by atoms with E-state index < -0.39 is 0 Å². The van der Waals surface area contributed by atoms with Crippen molar-refractivity contribution in [3.05, 3.63) is 30.3 Å². The fourth-order valence-electron chi connectivity index (χ4n) is 2.99. The topological polar surface area (TPSA) is 52.7 Å². The van der Waals surface area contributed by atoms with Gasteiger partial charge in [0, 0.05) is 24.7 Å². The third-order valence-electron chi connectivity index (χ3n) is 4.56. The van der Waals surface area contributed by atoms with Crippen LogP contribution in [-0.2, 0) is 9.59 Å². The van der Waals surface area contributed by atoms with Gasteiger partial charge in [-0.05, 0) is 45.0 Å². The van der Waals surface area contributed by atoms with Crippen LogP contribution in [0.5, 0.6) is 0 Å². The molecule has 1 aliphatic heterocycles. The molecule has 5 nitrogen and oxygen atoms in total. The predicted octanol–water partition coefficient (Wildman–Crippen LogP) is 2.60. The molecule has 2 rings (SSSR count). The van der Waals surface area contributed by atoms with Crippen LogP contribution in [0.2, 0.25) is 0 Å². The maximum absolute atomic E-state index is 12.3. The normalized spacial score (nSPS) is 15.5. The average Bonchev–Trinajstić information content (AvgIpc) is 2.61. The number of hydrogen-bond acceptors (Lipinski definition) is 3. The Morgan fingerprint density at radius 1 is 1.21 bits per heavy atom. The molecule has 1 saturated heterocycles. The number of nitrogens with one attached hydrogen (secondary N) is 1. The summed E-state index contributed by atoms with van der Waals surface area (Å²) in [5.74, 6) is 0.232. The second-order valence-corrected chi connectivity index (χ2v) is 6.60. The fourth-order valence-corrected chi connectivity index (χ4v) is 2.99. The molecule has 0 atom stereocenters. The molecule has 24 heavy (non-hydrogen) atoms. The molecule has 0 unspecified atom stereocenters. The molecule has 1 aromatic carbocycles. The maximum Gasteiger partial charge on any atom is 0.236 e. The number of nitrogens with zero attached hydrogens (tertiary/aromatic N) is 2. The lowest BCUT2D eigenvalue weighted by atomic mass is 9.95. The average molecular weight is 331 g/mol. The Balaban J connectivity index is 1.74. The highest BCUT2D eigenvalue weighted by atomic mass is 16.2. The summed E-state index contributed by atoms with van der Waals surface area (Å²) in [6, 6.07) is 9.53. The second kappa shape index (κ2) is 9.42. The maximum atomic E-state index is 12.3. The molecule has 0 saturated carbocycles. The first-order chi connectivity index (χ1) is 11.6. The molecule has 0 aliphatic carbocycles. The Bertz CT molecular complexity index is 525. The van der Waals surface area contributed by atoms with E-state index in [9.17, 15) is 9.59 Å². The Morgan fingerprint density at radius 3 is 2.50 bits per heavy atom. The molecule has 1 aromatic rings. The van der Waals surface area contributed by atoms with Crippen molar-refractivity contribution in [1.29, 1.82) is 0 Å². The number of para-hydroxylation sites is 1. The minimum Gasteiger partial charge on any atom is -0.342 e. The molecule has 0 aromatic heterocycles. The Hall–Kier alpha value is -1.88. The molecule has 1 aliphatic rings.